The highest BCUT2D eigenvalue weighted by Gasteiger charge is 2.15. The SMILES string of the molecule is CCCn1c(C(C)C)nc2cc(C(=O)O)cnc21. The van der Waals surface area contributed by atoms with Crippen LogP contribution in [0, 0.1) is 0 Å². The van der Waals surface area contributed by atoms with Crippen molar-refractivity contribution >= 4 is 17.1 Å². The van der Waals surface area contributed by atoms with E-state index in [0.29, 0.717) is 11.4 Å². The Morgan fingerprint density at radius 2 is 2.22 bits per heavy atom. The molecule has 0 radical (unpaired) electrons. The minimum atomic E-state index is -0.972. The second kappa shape index (κ2) is 4.76. The highest BCUT2D eigenvalue weighted by molar-refractivity contribution is 5.90. The van der Waals surface area contributed by atoms with E-state index in [4.69, 9.17) is 5.11 Å². The van der Waals surface area contributed by atoms with E-state index in [9.17, 15) is 4.79 Å². The van der Waals surface area contributed by atoms with Crippen LogP contribution in [0.25, 0.3) is 11.2 Å². The molecule has 0 bridgehead atoms. The number of rotatable bonds is 4. The molecule has 0 unspecified atom stereocenters. The quantitative estimate of drug-likeness (QED) is 0.901. The molecule has 0 spiro atoms. The standard InChI is InChI=1S/C13H17N3O2/c1-4-5-16-11(8(2)3)15-10-6-9(13(17)18)7-14-12(10)16/h6-8H,4-5H2,1-3H3,(H,17,18). The van der Waals surface area contributed by atoms with Crippen LogP contribution in [0.1, 0.15) is 49.3 Å². The van der Waals surface area contributed by atoms with Crippen molar-refractivity contribution < 1.29 is 9.90 Å². The maximum atomic E-state index is 10.9. The van der Waals surface area contributed by atoms with Crippen molar-refractivity contribution in [2.75, 3.05) is 0 Å². The smallest absolute Gasteiger partial charge is 0.337 e. The van der Waals surface area contributed by atoms with Gasteiger partial charge >= 0.3 is 5.97 Å². The van der Waals surface area contributed by atoms with Crippen molar-refractivity contribution in [3.63, 3.8) is 0 Å². The molecule has 0 atom stereocenters. The topological polar surface area (TPSA) is 68.0 Å². The van der Waals surface area contributed by atoms with Gasteiger partial charge in [-0.2, -0.15) is 0 Å². The first-order valence-electron chi connectivity index (χ1n) is 6.14. The third-order valence-corrected chi connectivity index (χ3v) is 2.83. The Kier molecular flexibility index (Phi) is 3.32. The number of imidazole rings is 1. The monoisotopic (exact) mass is 247 g/mol. The summed E-state index contributed by atoms with van der Waals surface area (Å²) in [5.41, 5.74) is 1.61. The zero-order valence-electron chi connectivity index (χ0n) is 10.8. The molecular formula is C13H17N3O2. The molecule has 2 heterocycles. The first-order valence-corrected chi connectivity index (χ1v) is 6.14. The zero-order chi connectivity index (χ0) is 13.3. The summed E-state index contributed by atoms with van der Waals surface area (Å²) < 4.78 is 2.08. The molecule has 2 aromatic heterocycles. The average Bonchev–Trinajstić information content (AvgIpc) is 2.68. The van der Waals surface area contributed by atoms with E-state index in [-0.39, 0.29) is 5.56 Å². The minimum Gasteiger partial charge on any atom is -0.478 e. The van der Waals surface area contributed by atoms with Gasteiger partial charge in [0.1, 0.15) is 11.3 Å². The van der Waals surface area contributed by atoms with Gasteiger partial charge in [-0.1, -0.05) is 20.8 Å². The molecule has 0 aliphatic rings. The summed E-state index contributed by atoms with van der Waals surface area (Å²) in [5.74, 6) is 0.279. The molecule has 0 aliphatic carbocycles. The summed E-state index contributed by atoms with van der Waals surface area (Å²) in [6, 6.07) is 1.59. The molecule has 0 aromatic carbocycles. The van der Waals surface area contributed by atoms with Gasteiger partial charge in [-0.25, -0.2) is 14.8 Å². The number of fused-ring (bicyclic) bond motifs is 1. The number of aromatic nitrogens is 3. The van der Waals surface area contributed by atoms with Gasteiger partial charge < -0.3 is 9.67 Å². The maximum Gasteiger partial charge on any atom is 0.337 e. The second-order valence-corrected chi connectivity index (χ2v) is 4.65. The first-order chi connectivity index (χ1) is 8.54. The van der Waals surface area contributed by atoms with E-state index in [1.165, 1.54) is 6.20 Å². The first kappa shape index (κ1) is 12.5. The third-order valence-electron chi connectivity index (χ3n) is 2.83. The van der Waals surface area contributed by atoms with Gasteiger partial charge in [-0.3, -0.25) is 0 Å². The Hall–Kier alpha value is -1.91. The van der Waals surface area contributed by atoms with Crippen molar-refractivity contribution in [1.82, 2.24) is 14.5 Å². The Balaban J connectivity index is 2.64. The van der Waals surface area contributed by atoms with Gasteiger partial charge in [-0.15, -0.1) is 0 Å². The number of aryl methyl sites for hydroxylation is 1. The molecule has 18 heavy (non-hydrogen) atoms. The molecule has 5 nitrogen and oxygen atoms in total. The lowest BCUT2D eigenvalue weighted by Crippen LogP contribution is -2.05. The lowest BCUT2D eigenvalue weighted by Gasteiger charge is -2.09. The number of carboxylic acid groups (broad SMARTS) is 1. The van der Waals surface area contributed by atoms with Gasteiger partial charge in [0.25, 0.3) is 0 Å². The van der Waals surface area contributed by atoms with Gasteiger partial charge in [0.05, 0.1) is 5.56 Å². The fourth-order valence-electron chi connectivity index (χ4n) is 2.03. The van der Waals surface area contributed by atoms with Crippen LogP contribution in [0.5, 0.6) is 0 Å². The predicted octanol–water partition coefficient (Wildman–Crippen LogP) is 2.66. The molecule has 2 aromatic rings. The van der Waals surface area contributed by atoms with E-state index in [1.54, 1.807) is 6.07 Å². The van der Waals surface area contributed by atoms with Crippen LogP contribution in [-0.4, -0.2) is 25.6 Å². The van der Waals surface area contributed by atoms with Crippen LogP contribution in [0.15, 0.2) is 12.3 Å². The summed E-state index contributed by atoms with van der Waals surface area (Å²) in [7, 11) is 0. The molecule has 0 saturated carbocycles. The van der Waals surface area contributed by atoms with Crippen molar-refractivity contribution in [3.05, 3.63) is 23.7 Å². The fraction of sp³-hybridized carbons (Fsp3) is 0.462. The van der Waals surface area contributed by atoms with E-state index >= 15 is 0 Å². The maximum absolute atomic E-state index is 10.9. The number of aromatic carboxylic acids is 1. The molecule has 0 amide bonds. The molecule has 0 fully saturated rings. The van der Waals surface area contributed by atoms with E-state index in [2.05, 4.69) is 35.3 Å². The van der Waals surface area contributed by atoms with Crippen LogP contribution in [0.2, 0.25) is 0 Å². The van der Waals surface area contributed by atoms with Gasteiger partial charge in [0.2, 0.25) is 0 Å². The average molecular weight is 247 g/mol. The summed E-state index contributed by atoms with van der Waals surface area (Å²) >= 11 is 0. The molecule has 5 heteroatoms. The number of pyridine rings is 1. The van der Waals surface area contributed by atoms with Crippen LogP contribution >= 0.6 is 0 Å². The van der Waals surface area contributed by atoms with Crippen molar-refractivity contribution in [2.45, 2.75) is 39.7 Å². The van der Waals surface area contributed by atoms with Crippen LogP contribution in [0.3, 0.4) is 0 Å². The van der Waals surface area contributed by atoms with E-state index in [0.717, 1.165) is 24.4 Å². The van der Waals surface area contributed by atoms with Crippen molar-refractivity contribution in [3.8, 4) is 0 Å². The molecule has 2 rings (SSSR count). The summed E-state index contributed by atoms with van der Waals surface area (Å²) in [4.78, 5) is 19.7. The number of nitrogens with zero attached hydrogens (tertiary/aromatic N) is 3. The lowest BCUT2D eigenvalue weighted by atomic mass is 10.2. The molecular weight excluding hydrogens is 230 g/mol. The molecule has 0 saturated heterocycles. The van der Waals surface area contributed by atoms with Gasteiger partial charge in [-0.05, 0) is 12.5 Å². The van der Waals surface area contributed by atoms with E-state index < -0.39 is 5.97 Å². The number of hydrogen-bond donors (Lipinski definition) is 1. The Labute approximate surface area is 105 Å². The number of carbonyl (C=O) groups is 1. The summed E-state index contributed by atoms with van der Waals surface area (Å²) in [6.45, 7) is 7.10. The third kappa shape index (κ3) is 2.08. The molecule has 96 valence electrons. The van der Waals surface area contributed by atoms with Crippen LogP contribution < -0.4 is 0 Å². The zero-order valence-corrected chi connectivity index (χ0v) is 10.8. The highest BCUT2D eigenvalue weighted by Crippen LogP contribution is 2.21. The molecule has 0 aliphatic heterocycles. The Morgan fingerprint density at radius 1 is 1.50 bits per heavy atom. The normalized spacial score (nSPS) is 11.3. The van der Waals surface area contributed by atoms with Crippen LogP contribution in [0.4, 0.5) is 0 Å². The fourth-order valence-corrected chi connectivity index (χ4v) is 2.03. The Morgan fingerprint density at radius 3 is 2.78 bits per heavy atom. The van der Waals surface area contributed by atoms with Crippen molar-refractivity contribution in [1.29, 1.82) is 0 Å². The minimum absolute atomic E-state index is 0.180. The number of carboxylic acids is 1. The molecule has 1 N–H and O–H groups in total. The lowest BCUT2D eigenvalue weighted by molar-refractivity contribution is 0.0696. The number of hydrogen-bond acceptors (Lipinski definition) is 3. The van der Waals surface area contributed by atoms with Crippen LogP contribution in [-0.2, 0) is 6.54 Å². The largest absolute Gasteiger partial charge is 0.478 e. The van der Waals surface area contributed by atoms with E-state index in [1.807, 2.05) is 0 Å². The van der Waals surface area contributed by atoms with Crippen molar-refractivity contribution in [2.24, 2.45) is 0 Å². The summed E-state index contributed by atoms with van der Waals surface area (Å²) in [5, 5.41) is 8.96. The van der Waals surface area contributed by atoms with Gasteiger partial charge in [0, 0.05) is 18.7 Å². The highest BCUT2D eigenvalue weighted by atomic mass is 16.4. The van der Waals surface area contributed by atoms with Gasteiger partial charge in [0.15, 0.2) is 5.65 Å². The predicted molar refractivity (Wildman–Crippen MR) is 68.9 cm³/mol. The second-order valence-electron chi connectivity index (χ2n) is 4.65. The Bertz CT molecular complexity index is 587. The summed E-state index contributed by atoms with van der Waals surface area (Å²) in [6.07, 6.45) is 2.39.